The molecule has 2 rings (SSSR count). The van der Waals surface area contributed by atoms with Crippen LogP contribution < -0.4 is 5.32 Å². The average molecular weight is 241 g/mol. The second kappa shape index (κ2) is 5.07. The summed E-state index contributed by atoms with van der Waals surface area (Å²) < 4.78 is 0. The molecule has 0 radical (unpaired) electrons. The first-order chi connectivity index (χ1) is 7.29. The van der Waals surface area contributed by atoms with Crippen molar-refractivity contribution in [3.05, 3.63) is 17.6 Å². The molecule has 0 aromatic carbocycles. The minimum absolute atomic E-state index is 0.468. The first kappa shape index (κ1) is 11.1. The predicted molar refractivity (Wildman–Crippen MR) is 68.8 cm³/mol. The fourth-order valence-electron chi connectivity index (χ4n) is 1.50. The van der Waals surface area contributed by atoms with Crippen LogP contribution in [-0.4, -0.2) is 34.3 Å². The zero-order valence-corrected chi connectivity index (χ0v) is 10.6. The van der Waals surface area contributed by atoms with Crippen LogP contribution in [-0.2, 0) is 0 Å². The van der Waals surface area contributed by atoms with Gasteiger partial charge in [-0.25, -0.2) is 9.97 Å². The van der Waals surface area contributed by atoms with E-state index in [1.165, 1.54) is 11.5 Å². The molecule has 0 amide bonds. The Bertz CT molecular complexity index is 337. The first-order valence-electron chi connectivity index (χ1n) is 5.02. The summed E-state index contributed by atoms with van der Waals surface area (Å²) >= 11 is 3.97. The average Bonchev–Trinajstić information content (AvgIpc) is 2.29. The standard InChI is InChI=1S/C10H15N3S2/c1-7-5-9(11-2)13-10(12-7)8-6-14-3-4-15-8/h5,8H,3-4,6H2,1-2H3,(H,11,12,13). The Kier molecular flexibility index (Phi) is 3.75. The van der Waals surface area contributed by atoms with Crippen molar-refractivity contribution >= 4 is 29.3 Å². The maximum atomic E-state index is 4.52. The fourth-order valence-corrected chi connectivity index (χ4v) is 4.10. The lowest BCUT2D eigenvalue weighted by Crippen LogP contribution is -2.11. The summed E-state index contributed by atoms with van der Waals surface area (Å²) in [7, 11) is 1.90. The Labute approximate surface area is 98.9 Å². The largest absolute Gasteiger partial charge is 0.373 e. The highest BCUT2D eigenvalue weighted by molar-refractivity contribution is 8.06. The summed E-state index contributed by atoms with van der Waals surface area (Å²) in [5.74, 6) is 5.51. The van der Waals surface area contributed by atoms with Crippen molar-refractivity contribution in [3.8, 4) is 0 Å². The molecule has 0 spiro atoms. The van der Waals surface area contributed by atoms with Crippen LogP contribution in [0.1, 0.15) is 16.8 Å². The SMILES string of the molecule is CNc1cc(C)nc(C2CSCCS2)n1. The lowest BCUT2D eigenvalue weighted by molar-refractivity contribution is 0.906. The Morgan fingerprint density at radius 2 is 2.27 bits per heavy atom. The van der Waals surface area contributed by atoms with Gasteiger partial charge in [0.1, 0.15) is 11.6 Å². The van der Waals surface area contributed by atoms with Crippen LogP contribution >= 0.6 is 23.5 Å². The molecule has 1 aromatic rings. The van der Waals surface area contributed by atoms with E-state index in [0.717, 1.165) is 23.1 Å². The van der Waals surface area contributed by atoms with Gasteiger partial charge in [0, 0.05) is 36.1 Å². The normalized spacial score (nSPS) is 21.3. The van der Waals surface area contributed by atoms with Crippen molar-refractivity contribution in [3.63, 3.8) is 0 Å². The third-order valence-corrected chi connectivity index (χ3v) is 4.98. The van der Waals surface area contributed by atoms with Gasteiger partial charge in [0.2, 0.25) is 0 Å². The van der Waals surface area contributed by atoms with Gasteiger partial charge in [-0.3, -0.25) is 0 Å². The summed E-state index contributed by atoms with van der Waals surface area (Å²) in [5, 5.41) is 3.55. The molecule has 1 unspecified atom stereocenters. The molecule has 82 valence electrons. The molecule has 1 fully saturated rings. The second-order valence-corrected chi connectivity index (χ2v) is 5.90. The smallest absolute Gasteiger partial charge is 0.144 e. The van der Waals surface area contributed by atoms with Crippen LogP contribution in [0.5, 0.6) is 0 Å². The third kappa shape index (κ3) is 2.78. The molecule has 15 heavy (non-hydrogen) atoms. The number of aromatic nitrogens is 2. The molecule has 0 saturated carbocycles. The Morgan fingerprint density at radius 1 is 1.40 bits per heavy atom. The maximum Gasteiger partial charge on any atom is 0.144 e. The molecule has 1 N–H and O–H groups in total. The molecule has 1 saturated heterocycles. The van der Waals surface area contributed by atoms with Crippen molar-refractivity contribution in [1.29, 1.82) is 0 Å². The zero-order valence-electron chi connectivity index (χ0n) is 8.99. The number of aryl methyl sites for hydroxylation is 1. The molecule has 1 aliphatic rings. The van der Waals surface area contributed by atoms with Crippen molar-refractivity contribution in [2.45, 2.75) is 12.2 Å². The molecule has 5 heteroatoms. The number of nitrogens with one attached hydrogen (secondary N) is 1. The number of hydrogen-bond donors (Lipinski definition) is 1. The number of thioether (sulfide) groups is 2. The van der Waals surface area contributed by atoms with E-state index in [0.29, 0.717) is 5.25 Å². The van der Waals surface area contributed by atoms with Gasteiger partial charge in [-0.05, 0) is 6.92 Å². The number of anilines is 1. The number of nitrogens with zero attached hydrogens (tertiary/aromatic N) is 2. The maximum absolute atomic E-state index is 4.52. The summed E-state index contributed by atoms with van der Waals surface area (Å²) in [6, 6.07) is 1.98. The van der Waals surface area contributed by atoms with Gasteiger partial charge in [0.05, 0.1) is 5.25 Å². The molecule has 3 nitrogen and oxygen atoms in total. The van der Waals surface area contributed by atoms with Crippen LogP contribution in [0.4, 0.5) is 5.82 Å². The van der Waals surface area contributed by atoms with E-state index in [4.69, 9.17) is 0 Å². The Balaban J connectivity index is 2.22. The van der Waals surface area contributed by atoms with Gasteiger partial charge in [-0.15, -0.1) is 11.8 Å². The molecule has 1 atom stereocenters. The monoisotopic (exact) mass is 241 g/mol. The van der Waals surface area contributed by atoms with Gasteiger partial charge in [0.15, 0.2) is 0 Å². The van der Waals surface area contributed by atoms with Gasteiger partial charge >= 0.3 is 0 Å². The van der Waals surface area contributed by atoms with E-state index in [2.05, 4.69) is 15.3 Å². The predicted octanol–water partition coefficient (Wildman–Crippen LogP) is 2.35. The Hall–Kier alpha value is -0.420. The van der Waals surface area contributed by atoms with Crippen LogP contribution in [0, 0.1) is 6.92 Å². The summed E-state index contributed by atoms with van der Waals surface area (Å²) in [6.45, 7) is 2.02. The van der Waals surface area contributed by atoms with Crippen LogP contribution in [0.2, 0.25) is 0 Å². The van der Waals surface area contributed by atoms with Gasteiger partial charge < -0.3 is 5.32 Å². The van der Waals surface area contributed by atoms with Gasteiger partial charge in [-0.1, -0.05) is 0 Å². The van der Waals surface area contributed by atoms with Gasteiger partial charge in [0.25, 0.3) is 0 Å². The fraction of sp³-hybridized carbons (Fsp3) is 0.600. The molecule has 1 aliphatic heterocycles. The molecule has 0 aliphatic carbocycles. The van der Waals surface area contributed by atoms with E-state index in [1.54, 1.807) is 0 Å². The lowest BCUT2D eigenvalue weighted by Gasteiger charge is -2.20. The second-order valence-electron chi connectivity index (χ2n) is 3.44. The lowest BCUT2D eigenvalue weighted by atomic mass is 10.3. The van der Waals surface area contributed by atoms with E-state index in [9.17, 15) is 0 Å². The minimum atomic E-state index is 0.468. The molecule has 1 aromatic heterocycles. The minimum Gasteiger partial charge on any atom is -0.373 e. The van der Waals surface area contributed by atoms with E-state index in [1.807, 2.05) is 43.6 Å². The van der Waals surface area contributed by atoms with Crippen molar-refractivity contribution in [1.82, 2.24) is 9.97 Å². The summed E-state index contributed by atoms with van der Waals surface area (Å²) in [6.07, 6.45) is 0. The molecule has 2 heterocycles. The van der Waals surface area contributed by atoms with E-state index >= 15 is 0 Å². The van der Waals surface area contributed by atoms with Crippen LogP contribution in [0.3, 0.4) is 0 Å². The number of hydrogen-bond acceptors (Lipinski definition) is 5. The first-order valence-corrected chi connectivity index (χ1v) is 7.22. The highest BCUT2D eigenvalue weighted by atomic mass is 32.2. The topological polar surface area (TPSA) is 37.8 Å². The van der Waals surface area contributed by atoms with Crippen LogP contribution in [0.25, 0.3) is 0 Å². The van der Waals surface area contributed by atoms with Gasteiger partial charge in [-0.2, -0.15) is 11.8 Å². The third-order valence-electron chi connectivity index (χ3n) is 2.23. The van der Waals surface area contributed by atoms with Crippen molar-refractivity contribution in [2.75, 3.05) is 29.6 Å². The molecular formula is C10H15N3S2. The van der Waals surface area contributed by atoms with Crippen LogP contribution in [0.15, 0.2) is 6.07 Å². The molecular weight excluding hydrogens is 226 g/mol. The van der Waals surface area contributed by atoms with E-state index in [-0.39, 0.29) is 0 Å². The quantitative estimate of drug-likeness (QED) is 0.860. The highest BCUT2D eigenvalue weighted by Crippen LogP contribution is 2.35. The summed E-state index contributed by atoms with van der Waals surface area (Å²) in [4.78, 5) is 9.04. The van der Waals surface area contributed by atoms with Crippen molar-refractivity contribution in [2.24, 2.45) is 0 Å². The zero-order chi connectivity index (χ0) is 10.7. The molecule has 0 bridgehead atoms. The highest BCUT2D eigenvalue weighted by Gasteiger charge is 2.19. The number of rotatable bonds is 2. The Morgan fingerprint density at radius 3 is 2.93 bits per heavy atom. The van der Waals surface area contributed by atoms with Crippen molar-refractivity contribution < 1.29 is 0 Å². The van der Waals surface area contributed by atoms with E-state index < -0.39 is 0 Å². The summed E-state index contributed by atoms with van der Waals surface area (Å²) in [5.41, 5.74) is 1.04.